The monoisotopic (exact) mass is 251 g/mol. The van der Waals surface area contributed by atoms with Gasteiger partial charge in [-0.25, -0.2) is 0 Å². The number of aliphatic hydroxyl groups excluding tert-OH is 1. The van der Waals surface area contributed by atoms with Crippen molar-refractivity contribution in [2.24, 2.45) is 11.7 Å². The lowest BCUT2D eigenvalue weighted by molar-refractivity contribution is 0.156. The normalized spacial score (nSPS) is 16.1. The highest BCUT2D eigenvalue weighted by Gasteiger charge is 2.35. The second kappa shape index (κ2) is 6.76. The Labute approximate surface area is 110 Å². The van der Waals surface area contributed by atoms with E-state index in [2.05, 4.69) is 19.9 Å². The lowest BCUT2D eigenvalue weighted by Crippen LogP contribution is -2.42. The van der Waals surface area contributed by atoms with Crippen molar-refractivity contribution in [2.45, 2.75) is 32.1 Å². The molecule has 3 heteroatoms. The lowest BCUT2D eigenvalue weighted by atomic mass is 9.68. The van der Waals surface area contributed by atoms with E-state index in [0.717, 1.165) is 24.2 Å². The first-order chi connectivity index (χ1) is 8.64. The summed E-state index contributed by atoms with van der Waals surface area (Å²) in [6, 6.07) is 8.03. The molecular formula is C15H25NO2. The van der Waals surface area contributed by atoms with Gasteiger partial charge in [0, 0.05) is 18.6 Å². The van der Waals surface area contributed by atoms with Crippen molar-refractivity contribution >= 4 is 0 Å². The van der Waals surface area contributed by atoms with E-state index < -0.39 is 0 Å². The molecule has 0 aromatic heterocycles. The van der Waals surface area contributed by atoms with Crippen molar-refractivity contribution in [3.63, 3.8) is 0 Å². The fraction of sp³-hybridized carbons (Fsp3) is 0.600. The van der Waals surface area contributed by atoms with Crippen LogP contribution >= 0.6 is 0 Å². The van der Waals surface area contributed by atoms with Crippen molar-refractivity contribution in [2.75, 3.05) is 20.3 Å². The van der Waals surface area contributed by atoms with Crippen LogP contribution in [0.15, 0.2) is 24.3 Å². The van der Waals surface area contributed by atoms with E-state index in [1.165, 1.54) is 0 Å². The third-order valence-electron chi connectivity index (χ3n) is 3.92. The molecule has 0 amide bonds. The van der Waals surface area contributed by atoms with Crippen molar-refractivity contribution in [1.82, 2.24) is 0 Å². The van der Waals surface area contributed by atoms with E-state index >= 15 is 0 Å². The van der Waals surface area contributed by atoms with Crippen LogP contribution in [0.5, 0.6) is 5.75 Å². The first-order valence-electron chi connectivity index (χ1n) is 6.60. The van der Waals surface area contributed by atoms with Gasteiger partial charge in [-0.2, -0.15) is 0 Å². The average molecular weight is 251 g/mol. The molecule has 0 saturated heterocycles. The molecule has 0 bridgehead atoms. The van der Waals surface area contributed by atoms with E-state index in [-0.39, 0.29) is 17.9 Å². The molecule has 0 saturated carbocycles. The standard InChI is InChI=1S/C15H25NO2/c1-4-8-15(11-16,12(2)10-17)13-6-5-7-14(9-13)18-3/h5-7,9,12,17H,4,8,10-11,16H2,1-3H3/t12-,15+/m1/s1. The first kappa shape index (κ1) is 15.0. The highest BCUT2D eigenvalue weighted by molar-refractivity contribution is 5.35. The lowest BCUT2D eigenvalue weighted by Gasteiger charge is -2.38. The number of rotatable bonds is 7. The van der Waals surface area contributed by atoms with Crippen LogP contribution in [0.2, 0.25) is 0 Å². The van der Waals surface area contributed by atoms with Crippen LogP contribution in [0.25, 0.3) is 0 Å². The number of methoxy groups -OCH3 is 1. The number of hydrogen-bond acceptors (Lipinski definition) is 3. The largest absolute Gasteiger partial charge is 0.497 e. The van der Waals surface area contributed by atoms with E-state index in [1.807, 2.05) is 18.2 Å². The zero-order valence-corrected chi connectivity index (χ0v) is 11.6. The van der Waals surface area contributed by atoms with Gasteiger partial charge in [-0.1, -0.05) is 32.4 Å². The summed E-state index contributed by atoms with van der Waals surface area (Å²) in [5, 5.41) is 9.53. The molecule has 0 aliphatic carbocycles. The molecule has 1 aromatic carbocycles. The highest BCUT2D eigenvalue weighted by Crippen LogP contribution is 2.37. The number of nitrogens with two attached hydrogens (primary N) is 1. The summed E-state index contributed by atoms with van der Waals surface area (Å²) in [6.45, 7) is 4.89. The molecule has 1 rings (SSSR count). The molecule has 0 aliphatic rings. The maximum atomic E-state index is 9.53. The molecule has 1 aromatic rings. The predicted molar refractivity (Wildman–Crippen MR) is 74.9 cm³/mol. The fourth-order valence-electron chi connectivity index (χ4n) is 2.65. The Hall–Kier alpha value is -1.06. The van der Waals surface area contributed by atoms with Gasteiger partial charge in [-0.3, -0.25) is 0 Å². The van der Waals surface area contributed by atoms with Crippen molar-refractivity contribution in [1.29, 1.82) is 0 Å². The molecule has 3 N–H and O–H groups in total. The molecule has 0 unspecified atom stereocenters. The van der Waals surface area contributed by atoms with Gasteiger partial charge in [0.05, 0.1) is 7.11 Å². The van der Waals surface area contributed by atoms with Crippen LogP contribution in [0.1, 0.15) is 32.3 Å². The minimum absolute atomic E-state index is 0.134. The molecular weight excluding hydrogens is 226 g/mol. The van der Waals surface area contributed by atoms with Crippen molar-refractivity contribution in [3.05, 3.63) is 29.8 Å². The Morgan fingerprint density at radius 2 is 2.17 bits per heavy atom. The summed E-state index contributed by atoms with van der Waals surface area (Å²) >= 11 is 0. The molecule has 0 heterocycles. The molecule has 0 fully saturated rings. The second-order valence-corrected chi connectivity index (χ2v) is 4.93. The predicted octanol–water partition coefficient (Wildman–Crippen LogP) is 2.32. The van der Waals surface area contributed by atoms with Crippen LogP contribution in [0.4, 0.5) is 0 Å². The van der Waals surface area contributed by atoms with Crippen molar-refractivity contribution in [3.8, 4) is 5.75 Å². The van der Waals surface area contributed by atoms with Crippen LogP contribution in [0, 0.1) is 5.92 Å². The number of benzene rings is 1. The summed E-state index contributed by atoms with van der Waals surface area (Å²) in [6.07, 6.45) is 2.01. The Morgan fingerprint density at radius 3 is 2.67 bits per heavy atom. The Bertz CT molecular complexity index is 367. The molecule has 3 nitrogen and oxygen atoms in total. The van der Waals surface area contributed by atoms with E-state index in [0.29, 0.717) is 6.54 Å². The average Bonchev–Trinajstić information content (AvgIpc) is 2.44. The Balaban J connectivity index is 3.22. The minimum Gasteiger partial charge on any atom is -0.497 e. The molecule has 0 aliphatic heterocycles. The van der Waals surface area contributed by atoms with Gasteiger partial charge in [0.2, 0.25) is 0 Å². The van der Waals surface area contributed by atoms with Gasteiger partial charge in [0.1, 0.15) is 5.75 Å². The molecule has 0 radical (unpaired) electrons. The van der Waals surface area contributed by atoms with E-state index in [1.54, 1.807) is 7.11 Å². The fourth-order valence-corrected chi connectivity index (χ4v) is 2.65. The summed E-state index contributed by atoms with van der Waals surface area (Å²) in [7, 11) is 1.67. The summed E-state index contributed by atoms with van der Waals surface area (Å²) < 4.78 is 5.28. The smallest absolute Gasteiger partial charge is 0.119 e. The quantitative estimate of drug-likeness (QED) is 0.782. The van der Waals surface area contributed by atoms with E-state index in [4.69, 9.17) is 10.5 Å². The van der Waals surface area contributed by atoms with Gasteiger partial charge in [-0.05, 0) is 30.0 Å². The van der Waals surface area contributed by atoms with Gasteiger partial charge in [-0.15, -0.1) is 0 Å². The molecule has 0 spiro atoms. The number of hydrogen-bond donors (Lipinski definition) is 2. The summed E-state index contributed by atoms with van der Waals surface area (Å²) in [5.74, 6) is 0.973. The Morgan fingerprint density at radius 1 is 1.44 bits per heavy atom. The maximum absolute atomic E-state index is 9.53. The summed E-state index contributed by atoms with van der Waals surface area (Å²) in [4.78, 5) is 0. The highest BCUT2D eigenvalue weighted by atomic mass is 16.5. The minimum atomic E-state index is -0.169. The number of ether oxygens (including phenoxy) is 1. The maximum Gasteiger partial charge on any atom is 0.119 e. The van der Waals surface area contributed by atoms with Crippen molar-refractivity contribution < 1.29 is 9.84 Å². The third-order valence-corrected chi connectivity index (χ3v) is 3.92. The summed E-state index contributed by atoms with van der Waals surface area (Å²) in [5.41, 5.74) is 7.03. The molecule has 18 heavy (non-hydrogen) atoms. The van der Waals surface area contributed by atoms with E-state index in [9.17, 15) is 5.11 Å². The molecule has 102 valence electrons. The number of aliphatic hydroxyl groups is 1. The Kier molecular flexibility index (Phi) is 5.63. The van der Waals surface area contributed by atoms with Crippen LogP contribution < -0.4 is 10.5 Å². The second-order valence-electron chi connectivity index (χ2n) is 4.93. The zero-order valence-electron chi connectivity index (χ0n) is 11.6. The van der Waals surface area contributed by atoms with Gasteiger partial charge in [0.15, 0.2) is 0 Å². The third kappa shape index (κ3) is 2.85. The van der Waals surface area contributed by atoms with Crippen LogP contribution in [-0.4, -0.2) is 25.4 Å². The van der Waals surface area contributed by atoms with Crippen LogP contribution in [0.3, 0.4) is 0 Å². The molecule has 2 atom stereocenters. The topological polar surface area (TPSA) is 55.5 Å². The first-order valence-corrected chi connectivity index (χ1v) is 6.60. The zero-order chi connectivity index (χ0) is 13.6. The SMILES string of the molecule is CCC[C@@](CN)(c1cccc(OC)c1)[C@H](C)CO. The van der Waals surface area contributed by atoms with Gasteiger partial charge >= 0.3 is 0 Å². The van der Waals surface area contributed by atoms with Gasteiger partial charge in [0.25, 0.3) is 0 Å². The van der Waals surface area contributed by atoms with Crippen LogP contribution in [-0.2, 0) is 5.41 Å². The van der Waals surface area contributed by atoms with Gasteiger partial charge < -0.3 is 15.6 Å².